The third-order valence-corrected chi connectivity index (χ3v) is 6.72. The van der Waals surface area contributed by atoms with Crippen molar-refractivity contribution in [2.45, 2.75) is 63.3 Å². The lowest BCUT2D eigenvalue weighted by atomic mass is 10.0. The van der Waals surface area contributed by atoms with E-state index < -0.39 is 6.04 Å². The predicted octanol–water partition coefficient (Wildman–Crippen LogP) is 1.18. The monoisotopic (exact) mass is 395 g/mol. The molecule has 0 aromatic heterocycles. The molecular formula is C22H29N5O2. The normalized spacial score (nSPS) is 28.6. The fourth-order valence-electron chi connectivity index (χ4n) is 5.11. The second-order valence-corrected chi connectivity index (χ2v) is 8.62. The molecule has 5 atom stereocenters. The van der Waals surface area contributed by atoms with Gasteiger partial charge in [-0.25, -0.2) is 0 Å². The number of nitrogens with zero attached hydrogens (tertiary/aromatic N) is 4. The van der Waals surface area contributed by atoms with Crippen molar-refractivity contribution in [2.24, 2.45) is 5.73 Å². The van der Waals surface area contributed by atoms with Gasteiger partial charge in [0.25, 0.3) is 0 Å². The van der Waals surface area contributed by atoms with Gasteiger partial charge in [-0.05, 0) is 38.7 Å². The summed E-state index contributed by atoms with van der Waals surface area (Å²) in [7, 11) is 0. The molecule has 3 fully saturated rings. The highest BCUT2D eigenvalue weighted by atomic mass is 16.2. The van der Waals surface area contributed by atoms with Crippen LogP contribution in [0.3, 0.4) is 0 Å². The van der Waals surface area contributed by atoms with Crippen LogP contribution in [0.25, 0.3) is 0 Å². The zero-order valence-corrected chi connectivity index (χ0v) is 17.1. The van der Waals surface area contributed by atoms with Crippen LogP contribution >= 0.6 is 0 Å². The molecule has 0 radical (unpaired) electrons. The lowest BCUT2D eigenvalue weighted by molar-refractivity contribution is -0.140. The van der Waals surface area contributed by atoms with Crippen molar-refractivity contribution < 1.29 is 9.59 Å². The number of piperazine rings is 1. The van der Waals surface area contributed by atoms with E-state index in [4.69, 9.17) is 5.73 Å². The highest BCUT2D eigenvalue weighted by Crippen LogP contribution is 2.38. The Bertz CT molecular complexity index is 833. The van der Waals surface area contributed by atoms with Crippen LogP contribution in [0.1, 0.15) is 43.4 Å². The standard InChI is InChI=1S/C22H29N5O2/c1-14-5-7-16(8-6-14)15(2)27-18-10-20(22(27)29)25(12-18)13-19(24)21(28)26-9-3-4-17(26)11-23/h5-8,15,17-20H,3-4,9-10,12-13,24H2,1-2H3/t15-,17+,18?,19+,20-/m1/s1. The lowest BCUT2D eigenvalue weighted by Gasteiger charge is -2.38. The molecule has 29 heavy (non-hydrogen) atoms. The summed E-state index contributed by atoms with van der Waals surface area (Å²) >= 11 is 0. The summed E-state index contributed by atoms with van der Waals surface area (Å²) in [4.78, 5) is 31.4. The number of nitriles is 1. The van der Waals surface area contributed by atoms with Crippen LogP contribution in [0.15, 0.2) is 24.3 Å². The van der Waals surface area contributed by atoms with Gasteiger partial charge in [0.1, 0.15) is 6.04 Å². The molecule has 1 aromatic carbocycles. The molecule has 3 heterocycles. The number of amides is 2. The molecule has 1 unspecified atom stereocenters. The minimum atomic E-state index is -0.695. The third kappa shape index (κ3) is 3.52. The average Bonchev–Trinajstić information content (AvgIpc) is 3.41. The molecule has 0 aliphatic carbocycles. The van der Waals surface area contributed by atoms with Gasteiger partial charge in [0, 0.05) is 25.7 Å². The summed E-state index contributed by atoms with van der Waals surface area (Å²) in [5, 5.41) is 9.22. The van der Waals surface area contributed by atoms with E-state index in [0.717, 1.165) is 24.9 Å². The summed E-state index contributed by atoms with van der Waals surface area (Å²) in [6.45, 7) is 5.85. The van der Waals surface area contributed by atoms with Crippen molar-refractivity contribution in [3.8, 4) is 6.07 Å². The molecular weight excluding hydrogens is 366 g/mol. The summed E-state index contributed by atoms with van der Waals surface area (Å²) in [6.07, 6.45) is 2.35. The Balaban J connectivity index is 1.39. The van der Waals surface area contributed by atoms with E-state index in [1.807, 2.05) is 4.90 Å². The fraction of sp³-hybridized carbons (Fsp3) is 0.591. The number of aryl methyl sites for hydroxylation is 1. The number of nitrogens with two attached hydrogens (primary N) is 1. The van der Waals surface area contributed by atoms with Gasteiger partial charge >= 0.3 is 0 Å². The van der Waals surface area contributed by atoms with E-state index in [9.17, 15) is 14.9 Å². The van der Waals surface area contributed by atoms with Crippen LogP contribution in [0, 0.1) is 18.3 Å². The van der Waals surface area contributed by atoms with Gasteiger partial charge in [-0.15, -0.1) is 0 Å². The van der Waals surface area contributed by atoms with E-state index in [1.165, 1.54) is 5.56 Å². The number of likely N-dealkylation sites (tertiary alicyclic amines) is 3. The first-order chi connectivity index (χ1) is 13.9. The lowest BCUT2D eigenvalue weighted by Crippen LogP contribution is -2.56. The number of hydrogen-bond donors (Lipinski definition) is 1. The maximum absolute atomic E-state index is 13.1. The zero-order valence-electron chi connectivity index (χ0n) is 17.1. The minimum Gasteiger partial charge on any atom is -0.330 e. The average molecular weight is 396 g/mol. The molecule has 2 amide bonds. The topological polar surface area (TPSA) is 93.7 Å². The first-order valence-corrected chi connectivity index (χ1v) is 10.5. The van der Waals surface area contributed by atoms with Gasteiger partial charge in [0.15, 0.2) is 0 Å². The number of hydrogen-bond acceptors (Lipinski definition) is 5. The number of benzene rings is 1. The molecule has 7 heteroatoms. The van der Waals surface area contributed by atoms with E-state index >= 15 is 0 Å². The number of fused-ring (bicyclic) bond motifs is 2. The first-order valence-electron chi connectivity index (χ1n) is 10.5. The summed E-state index contributed by atoms with van der Waals surface area (Å²) in [6, 6.07) is 9.47. The van der Waals surface area contributed by atoms with Crippen molar-refractivity contribution in [3.63, 3.8) is 0 Å². The zero-order chi connectivity index (χ0) is 20.7. The van der Waals surface area contributed by atoms with Crippen LogP contribution in [0.2, 0.25) is 0 Å². The van der Waals surface area contributed by atoms with E-state index in [1.54, 1.807) is 4.90 Å². The molecule has 2 bridgehead atoms. The van der Waals surface area contributed by atoms with E-state index in [-0.39, 0.29) is 36.0 Å². The summed E-state index contributed by atoms with van der Waals surface area (Å²) in [5.41, 5.74) is 8.55. The van der Waals surface area contributed by atoms with Crippen molar-refractivity contribution in [2.75, 3.05) is 19.6 Å². The second kappa shape index (κ2) is 7.77. The SMILES string of the molecule is Cc1ccc([C@@H](C)N2C(=O)[C@H]3CC2CN3C[C@H](N)C(=O)N2CCC[C@H]2C#N)cc1. The Morgan fingerprint density at radius 1 is 1.34 bits per heavy atom. The van der Waals surface area contributed by atoms with Crippen molar-refractivity contribution in [3.05, 3.63) is 35.4 Å². The van der Waals surface area contributed by atoms with Crippen LogP contribution in [0.5, 0.6) is 0 Å². The Hall–Kier alpha value is -2.43. The van der Waals surface area contributed by atoms with Gasteiger partial charge in [-0.2, -0.15) is 5.26 Å². The highest BCUT2D eigenvalue weighted by Gasteiger charge is 2.51. The second-order valence-electron chi connectivity index (χ2n) is 8.62. The number of carbonyl (C=O) groups is 2. The maximum atomic E-state index is 13.1. The minimum absolute atomic E-state index is 0.0385. The van der Waals surface area contributed by atoms with E-state index in [0.29, 0.717) is 19.5 Å². The Kier molecular flexibility index (Phi) is 5.32. The number of rotatable bonds is 5. The largest absolute Gasteiger partial charge is 0.330 e. The maximum Gasteiger partial charge on any atom is 0.241 e. The number of carbonyl (C=O) groups excluding carboxylic acids is 2. The predicted molar refractivity (Wildman–Crippen MR) is 109 cm³/mol. The molecule has 3 saturated heterocycles. The van der Waals surface area contributed by atoms with Gasteiger partial charge in [0.2, 0.25) is 11.8 Å². The van der Waals surface area contributed by atoms with Gasteiger partial charge in [0.05, 0.1) is 24.2 Å². The summed E-state index contributed by atoms with van der Waals surface area (Å²) < 4.78 is 0. The van der Waals surface area contributed by atoms with Gasteiger partial charge < -0.3 is 15.5 Å². The molecule has 7 nitrogen and oxygen atoms in total. The molecule has 2 N–H and O–H groups in total. The molecule has 4 rings (SSSR count). The Morgan fingerprint density at radius 2 is 2.07 bits per heavy atom. The van der Waals surface area contributed by atoms with Gasteiger partial charge in [-0.3, -0.25) is 14.5 Å². The van der Waals surface area contributed by atoms with Crippen LogP contribution < -0.4 is 5.73 Å². The van der Waals surface area contributed by atoms with Crippen molar-refractivity contribution >= 4 is 11.8 Å². The van der Waals surface area contributed by atoms with Crippen LogP contribution in [0.4, 0.5) is 0 Å². The highest BCUT2D eigenvalue weighted by molar-refractivity contribution is 5.87. The molecule has 3 aliphatic rings. The first kappa shape index (κ1) is 19.9. The Morgan fingerprint density at radius 3 is 2.72 bits per heavy atom. The van der Waals surface area contributed by atoms with Crippen molar-refractivity contribution in [1.29, 1.82) is 5.26 Å². The Labute approximate surface area is 172 Å². The van der Waals surface area contributed by atoms with Crippen LogP contribution in [-0.4, -0.2) is 70.3 Å². The quantitative estimate of drug-likeness (QED) is 0.808. The summed E-state index contributed by atoms with van der Waals surface area (Å²) in [5.74, 6) is -0.0424. The molecule has 0 spiro atoms. The van der Waals surface area contributed by atoms with E-state index in [2.05, 4.69) is 49.1 Å². The molecule has 0 saturated carbocycles. The van der Waals surface area contributed by atoms with Crippen LogP contribution in [-0.2, 0) is 9.59 Å². The molecule has 3 aliphatic heterocycles. The fourth-order valence-corrected chi connectivity index (χ4v) is 5.11. The van der Waals surface area contributed by atoms with Crippen molar-refractivity contribution in [1.82, 2.24) is 14.7 Å². The molecule has 1 aromatic rings. The van der Waals surface area contributed by atoms with Gasteiger partial charge in [-0.1, -0.05) is 29.8 Å². The smallest absolute Gasteiger partial charge is 0.241 e. The molecule has 154 valence electrons. The third-order valence-electron chi connectivity index (χ3n) is 6.72.